The van der Waals surface area contributed by atoms with Crippen LogP contribution < -0.4 is 16.4 Å². The minimum Gasteiger partial charge on any atom is -0.366 e. The first-order valence-electron chi connectivity index (χ1n) is 6.38. The van der Waals surface area contributed by atoms with Crippen molar-refractivity contribution in [1.29, 1.82) is 0 Å². The van der Waals surface area contributed by atoms with Crippen LogP contribution in [0.3, 0.4) is 0 Å². The highest BCUT2D eigenvalue weighted by atomic mass is 16.1. The molecular weight excluding hydrogens is 242 g/mol. The van der Waals surface area contributed by atoms with Gasteiger partial charge in [-0.2, -0.15) is 0 Å². The highest BCUT2D eigenvalue weighted by Crippen LogP contribution is 2.04. The Bertz CT molecular complexity index is 444. The Kier molecular flexibility index (Phi) is 6.02. The minimum absolute atomic E-state index is 0.0161. The second-order valence-electron chi connectivity index (χ2n) is 4.70. The highest BCUT2D eigenvalue weighted by Gasteiger charge is 2.04. The molecule has 0 bridgehead atoms. The van der Waals surface area contributed by atoms with Crippen LogP contribution in [0.5, 0.6) is 0 Å². The first-order valence-corrected chi connectivity index (χ1v) is 6.38. The fraction of sp³-hybridized carbons (Fsp3) is 0.429. The minimum atomic E-state index is -0.464. The summed E-state index contributed by atoms with van der Waals surface area (Å²) in [5.41, 5.74) is 6.51. The maximum atomic E-state index is 11.6. The molecule has 0 radical (unpaired) electrons. The van der Waals surface area contributed by atoms with E-state index in [1.165, 1.54) is 0 Å². The summed E-state index contributed by atoms with van der Waals surface area (Å²) in [4.78, 5) is 22.6. The number of nitrogens with one attached hydrogen (secondary N) is 2. The lowest BCUT2D eigenvalue weighted by molar-refractivity contribution is -0.121. The number of hydrogen-bond acceptors (Lipinski definition) is 3. The second kappa shape index (κ2) is 7.53. The molecule has 0 saturated heterocycles. The third kappa shape index (κ3) is 6.01. The molecule has 0 aliphatic heterocycles. The Morgan fingerprint density at radius 1 is 1.32 bits per heavy atom. The zero-order chi connectivity index (χ0) is 14.3. The first kappa shape index (κ1) is 15.2. The Hall–Kier alpha value is -1.88. The van der Waals surface area contributed by atoms with Gasteiger partial charge in [0.15, 0.2) is 0 Å². The van der Waals surface area contributed by atoms with E-state index in [-0.39, 0.29) is 5.91 Å². The van der Waals surface area contributed by atoms with Crippen LogP contribution in [-0.4, -0.2) is 24.4 Å². The van der Waals surface area contributed by atoms with Crippen LogP contribution in [0.1, 0.15) is 36.2 Å². The Balaban J connectivity index is 2.37. The summed E-state index contributed by atoms with van der Waals surface area (Å²) in [5, 5.41) is 5.98. The standard InChI is InChI=1S/C14H21N3O2/c1-10(2)16-7-6-13(18)17-9-11-4-3-5-12(8-11)14(15)19/h3-5,8,10,16H,6-7,9H2,1-2H3,(H2,15,19)(H,17,18). The molecule has 2 amide bonds. The number of carbonyl (C=O) groups excluding carboxylic acids is 2. The number of primary amides is 1. The van der Waals surface area contributed by atoms with E-state index in [0.29, 0.717) is 31.1 Å². The highest BCUT2D eigenvalue weighted by molar-refractivity contribution is 5.92. The fourth-order valence-corrected chi connectivity index (χ4v) is 1.60. The number of carbonyl (C=O) groups is 2. The van der Waals surface area contributed by atoms with Crippen molar-refractivity contribution in [2.24, 2.45) is 5.73 Å². The van der Waals surface area contributed by atoms with E-state index in [1.54, 1.807) is 18.2 Å². The SMILES string of the molecule is CC(C)NCCC(=O)NCc1cccc(C(N)=O)c1. The number of hydrogen-bond donors (Lipinski definition) is 3. The third-order valence-electron chi connectivity index (χ3n) is 2.61. The number of nitrogens with two attached hydrogens (primary N) is 1. The summed E-state index contributed by atoms with van der Waals surface area (Å²) in [7, 11) is 0. The second-order valence-corrected chi connectivity index (χ2v) is 4.70. The van der Waals surface area contributed by atoms with Crippen molar-refractivity contribution in [3.8, 4) is 0 Å². The summed E-state index contributed by atoms with van der Waals surface area (Å²) in [5.74, 6) is -0.480. The molecule has 19 heavy (non-hydrogen) atoms. The van der Waals surface area contributed by atoms with E-state index in [1.807, 2.05) is 19.9 Å². The molecule has 1 rings (SSSR count). The molecule has 0 aromatic heterocycles. The van der Waals surface area contributed by atoms with E-state index in [2.05, 4.69) is 10.6 Å². The van der Waals surface area contributed by atoms with Gasteiger partial charge in [0.25, 0.3) is 0 Å². The van der Waals surface area contributed by atoms with Crippen molar-refractivity contribution >= 4 is 11.8 Å². The van der Waals surface area contributed by atoms with Crippen molar-refractivity contribution in [2.75, 3.05) is 6.54 Å². The molecule has 0 fully saturated rings. The van der Waals surface area contributed by atoms with Gasteiger partial charge in [-0.25, -0.2) is 0 Å². The molecule has 0 aliphatic carbocycles. The first-order chi connectivity index (χ1) is 8.99. The average molecular weight is 263 g/mol. The topological polar surface area (TPSA) is 84.2 Å². The van der Waals surface area contributed by atoms with Crippen molar-refractivity contribution < 1.29 is 9.59 Å². The van der Waals surface area contributed by atoms with Crippen LogP contribution in [0.25, 0.3) is 0 Å². The Morgan fingerprint density at radius 2 is 2.05 bits per heavy atom. The monoisotopic (exact) mass is 263 g/mol. The molecule has 1 aromatic rings. The van der Waals surface area contributed by atoms with Gasteiger partial charge in [-0.05, 0) is 17.7 Å². The maximum absolute atomic E-state index is 11.6. The summed E-state index contributed by atoms with van der Waals surface area (Å²) < 4.78 is 0. The lowest BCUT2D eigenvalue weighted by atomic mass is 10.1. The number of amides is 2. The quantitative estimate of drug-likeness (QED) is 0.680. The Morgan fingerprint density at radius 3 is 2.68 bits per heavy atom. The lowest BCUT2D eigenvalue weighted by Crippen LogP contribution is -2.30. The summed E-state index contributed by atoms with van der Waals surface area (Å²) in [6, 6.07) is 7.32. The Labute approximate surface area is 113 Å². The zero-order valence-corrected chi connectivity index (χ0v) is 11.4. The van der Waals surface area contributed by atoms with E-state index >= 15 is 0 Å². The van der Waals surface area contributed by atoms with Crippen molar-refractivity contribution in [1.82, 2.24) is 10.6 Å². The van der Waals surface area contributed by atoms with Crippen LogP contribution in [-0.2, 0) is 11.3 Å². The molecule has 0 spiro atoms. The zero-order valence-electron chi connectivity index (χ0n) is 11.4. The average Bonchev–Trinajstić information content (AvgIpc) is 2.36. The molecule has 0 atom stereocenters. The van der Waals surface area contributed by atoms with Gasteiger partial charge in [0.2, 0.25) is 11.8 Å². The van der Waals surface area contributed by atoms with E-state index in [4.69, 9.17) is 5.73 Å². The van der Waals surface area contributed by atoms with E-state index in [9.17, 15) is 9.59 Å². The molecule has 104 valence electrons. The van der Waals surface area contributed by atoms with Gasteiger partial charge in [0.1, 0.15) is 0 Å². The van der Waals surface area contributed by atoms with Gasteiger partial charge in [-0.3, -0.25) is 9.59 Å². The van der Waals surface area contributed by atoms with Crippen LogP contribution >= 0.6 is 0 Å². The van der Waals surface area contributed by atoms with Crippen LogP contribution in [0.15, 0.2) is 24.3 Å². The molecule has 5 nitrogen and oxygen atoms in total. The lowest BCUT2D eigenvalue weighted by Gasteiger charge is -2.09. The fourth-order valence-electron chi connectivity index (χ4n) is 1.60. The van der Waals surface area contributed by atoms with Crippen molar-refractivity contribution in [3.63, 3.8) is 0 Å². The molecular formula is C14H21N3O2. The van der Waals surface area contributed by atoms with Gasteiger partial charge in [-0.15, -0.1) is 0 Å². The normalized spacial score (nSPS) is 10.5. The van der Waals surface area contributed by atoms with Gasteiger partial charge >= 0.3 is 0 Å². The summed E-state index contributed by atoms with van der Waals surface area (Å²) >= 11 is 0. The van der Waals surface area contributed by atoms with Gasteiger partial charge in [0.05, 0.1) is 0 Å². The van der Waals surface area contributed by atoms with Crippen LogP contribution in [0, 0.1) is 0 Å². The largest absolute Gasteiger partial charge is 0.366 e. The maximum Gasteiger partial charge on any atom is 0.248 e. The van der Waals surface area contributed by atoms with Crippen LogP contribution in [0.2, 0.25) is 0 Å². The number of benzene rings is 1. The summed E-state index contributed by atoms with van der Waals surface area (Å²) in [6.07, 6.45) is 0.438. The third-order valence-corrected chi connectivity index (χ3v) is 2.61. The molecule has 0 aliphatic rings. The van der Waals surface area contributed by atoms with Crippen LogP contribution in [0.4, 0.5) is 0 Å². The molecule has 0 saturated carbocycles. The van der Waals surface area contributed by atoms with Gasteiger partial charge in [0, 0.05) is 31.1 Å². The van der Waals surface area contributed by atoms with E-state index < -0.39 is 5.91 Å². The smallest absolute Gasteiger partial charge is 0.248 e. The molecule has 0 unspecified atom stereocenters. The number of rotatable bonds is 7. The molecule has 0 heterocycles. The molecule has 5 heteroatoms. The molecule has 4 N–H and O–H groups in total. The predicted octanol–water partition coefficient (Wildman–Crippen LogP) is 0.790. The van der Waals surface area contributed by atoms with E-state index in [0.717, 1.165) is 5.56 Å². The van der Waals surface area contributed by atoms with Gasteiger partial charge in [-0.1, -0.05) is 26.0 Å². The molecule has 1 aromatic carbocycles. The van der Waals surface area contributed by atoms with Crippen molar-refractivity contribution in [3.05, 3.63) is 35.4 Å². The van der Waals surface area contributed by atoms with Gasteiger partial charge < -0.3 is 16.4 Å². The van der Waals surface area contributed by atoms with Crippen molar-refractivity contribution in [2.45, 2.75) is 32.9 Å². The predicted molar refractivity (Wildman–Crippen MR) is 74.6 cm³/mol. The summed E-state index contributed by atoms with van der Waals surface area (Å²) in [6.45, 7) is 5.13.